The third kappa shape index (κ3) is 5.71. The molecule has 0 bridgehead atoms. The molecule has 4 N–H and O–H groups in total. The molecule has 14 heteroatoms. The number of carbonyl (C=O) groups excluding carboxylic acids is 1. The highest BCUT2D eigenvalue weighted by atomic mass is 32.2. The van der Waals surface area contributed by atoms with Gasteiger partial charge in [-0.05, 0) is 29.8 Å². The molecule has 2 aromatic carbocycles. The number of sulfonamides is 1. The van der Waals surface area contributed by atoms with E-state index in [2.05, 4.69) is 20.3 Å². The largest absolute Gasteiger partial charge is 0.493 e. The van der Waals surface area contributed by atoms with Crippen molar-refractivity contribution in [3.8, 4) is 11.5 Å². The fraction of sp³-hybridized carbons (Fsp3) is 0.208. The molecule has 0 saturated heterocycles. The summed E-state index contributed by atoms with van der Waals surface area (Å²) in [6.07, 6.45) is 6.59. The first-order chi connectivity index (χ1) is 18.1. The molecule has 0 radical (unpaired) electrons. The molecule has 4 aromatic rings. The summed E-state index contributed by atoms with van der Waals surface area (Å²) in [6, 6.07) is 7.70. The zero-order chi connectivity index (χ0) is 27.4. The first-order valence-corrected chi connectivity index (χ1v) is 12.7. The summed E-state index contributed by atoms with van der Waals surface area (Å²) in [7, 11) is -2.43. The van der Waals surface area contributed by atoms with Gasteiger partial charge in [0.25, 0.3) is 5.97 Å². The van der Waals surface area contributed by atoms with Crippen molar-refractivity contribution in [3.63, 3.8) is 0 Å². The molecule has 3 heterocycles. The van der Waals surface area contributed by atoms with E-state index in [0.29, 0.717) is 52.5 Å². The monoisotopic (exact) mass is 540 g/mol. The lowest BCUT2D eigenvalue weighted by Gasteiger charge is -2.15. The minimum atomic E-state index is -3.95. The van der Waals surface area contributed by atoms with Crippen molar-refractivity contribution in [2.75, 3.05) is 19.0 Å². The number of imidazole rings is 1. The number of methoxy groups -OCH3 is 1. The minimum Gasteiger partial charge on any atom is -0.493 e. The Kier molecular flexibility index (Phi) is 7.55. The van der Waals surface area contributed by atoms with Gasteiger partial charge in [-0.15, -0.1) is 0 Å². The van der Waals surface area contributed by atoms with Crippen molar-refractivity contribution in [1.82, 2.24) is 19.5 Å². The summed E-state index contributed by atoms with van der Waals surface area (Å²) in [5.74, 6) is -1.07. The van der Waals surface area contributed by atoms with Gasteiger partial charge in [-0.3, -0.25) is 9.59 Å². The Morgan fingerprint density at radius 1 is 1.21 bits per heavy atom. The van der Waals surface area contributed by atoms with Gasteiger partial charge in [0.05, 0.1) is 36.1 Å². The number of aliphatic carboxylic acids is 1. The van der Waals surface area contributed by atoms with Gasteiger partial charge >= 0.3 is 0 Å². The summed E-state index contributed by atoms with van der Waals surface area (Å²) < 4.78 is 37.1. The second kappa shape index (κ2) is 10.8. The van der Waals surface area contributed by atoms with Crippen molar-refractivity contribution >= 4 is 38.5 Å². The lowest BCUT2D eigenvalue weighted by Crippen LogP contribution is -2.16. The number of rotatable bonds is 7. The Hall–Kier alpha value is -4.56. The fourth-order valence-corrected chi connectivity index (χ4v) is 4.50. The Morgan fingerprint density at radius 2 is 1.97 bits per heavy atom. The Labute approximate surface area is 217 Å². The van der Waals surface area contributed by atoms with Gasteiger partial charge in [0, 0.05) is 36.5 Å². The molecule has 1 unspecified atom stereocenters. The number of amides is 1. The van der Waals surface area contributed by atoms with Gasteiger partial charge in [0.2, 0.25) is 15.9 Å². The van der Waals surface area contributed by atoms with E-state index < -0.39 is 21.9 Å². The number of primary sulfonamides is 1. The van der Waals surface area contributed by atoms with E-state index >= 15 is 0 Å². The van der Waals surface area contributed by atoms with Gasteiger partial charge < -0.3 is 24.5 Å². The third-order valence-electron chi connectivity index (χ3n) is 5.57. The maximum absolute atomic E-state index is 12.9. The highest BCUT2D eigenvalue weighted by Gasteiger charge is 2.35. The van der Waals surface area contributed by atoms with Crippen LogP contribution in [-0.4, -0.2) is 58.6 Å². The second-order valence-corrected chi connectivity index (χ2v) is 9.72. The number of benzene rings is 2. The zero-order valence-corrected chi connectivity index (χ0v) is 21.2. The molecular formula is C24H24N6O7S. The van der Waals surface area contributed by atoms with Crippen LogP contribution in [0.4, 0.5) is 5.69 Å². The third-order valence-corrected chi connectivity index (χ3v) is 6.48. The topological polar surface area (TPSA) is 189 Å². The summed E-state index contributed by atoms with van der Waals surface area (Å²) in [5.41, 5.74) is 1.93. The normalized spacial score (nSPS) is 14.3. The van der Waals surface area contributed by atoms with Crippen molar-refractivity contribution < 1.29 is 32.6 Å². The molecular weight excluding hydrogens is 516 g/mol. The first-order valence-electron chi connectivity index (χ1n) is 11.2. The van der Waals surface area contributed by atoms with Crippen LogP contribution in [0.5, 0.6) is 11.5 Å². The lowest BCUT2D eigenvalue weighted by molar-refractivity contribution is -0.134. The van der Waals surface area contributed by atoms with Crippen molar-refractivity contribution in [2.45, 2.75) is 24.3 Å². The molecule has 198 valence electrons. The standard InChI is InChI=1S/C22H20N6O5S.C2H4O2/c1-32-18-9-15-17(10-19(18)33-7-6-28-5-4-24-12-28)25-11-26-21(15)20-14-8-13(34(23,30)31)2-3-16(14)27-22(20)29;1-2(3)4/h2-5,8-12,20H,6-7H2,1H3,(H,27,29)(H2,23,30,31);1H3,(H,3,4). The molecule has 0 fully saturated rings. The molecule has 5 rings (SSSR count). The maximum Gasteiger partial charge on any atom is 0.300 e. The summed E-state index contributed by atoms with van der Waals surface area (Å²) in [5, 5.41) is 16.1. The van der Waals surface area contributed by atoms with Crippen LogP contribution < -0.4 is 19.9 Å². The number of nitrogens with zero attached hydrogens (tertiary/aromatic N) is 4. The average Bonchev–Trinajstić information content (AvgIpc) is 3.48. The van der Waals surface area contributed by atoms with Crippen molar-refractivity contribution in [1.29, 1.82) is 0 Å². The van der Waals surface area contributed by atoms with E-state index in [1.165, 1.54) is 31.6 Å². The van der Waals surface area contributed by atoms with E-state index in [-0.39, 0.29) is 10.8 Å². The number of ether oxygens (including phenoxy) is 2. The SMILES string of the molecule is CC(=O)O.COc1cc2c(C3C(=O)Nc4ccc(S(N)(=O)=O)cc43)ncnc2cc1OCCn1ccnc1. The predicted octanol–water partition coefficient (Wildman–Crippen LogP) is 1.74. The molecule has 0 saturated carbocycles. The van der Waals surface area contributed by atoms with Crippen LogP contribution in [0.2, 0.25) is 0 Å². The lowest BCUT2D eigenvalue weighted by atomic mass is 9.94. The van der Waals surface area contributed by atoms with Crippen LogP contribution in [-0.2, 0) is 26.2 Å². The number of fused-ring (bicyclic) bond motifs is 2. The van der Waals surface area contributed by atoms with Crippen LogP contribution in [0.25, 0.3) is 10.9 Å². The Morgan fingerprint density at radius 3 is 2.63 bits per heavy atom. The van der Waals surface area contributed by atoms with Gasteiger partial charge in [0.15, 0.2) is 11.5 Å². The number of carboxylic acid groups (broad SMARTS) is 1. The number of nitrogens with one attached hydrogen (secondary N) is 1. The summed E-state index contributed by atoms with van der Waals surface area (Å²) in [4.78, 5) is 34.5. The van der Waals surface area contributed by atoms with Crippen LogP contribution in [0.3, 0.4) is 0 Å². The van der Waals surface area contributed by atoms with Crippen molar-refractivity contribution in [2.24, 2.45) is 5.14 Å². The molecule has 0 aliphatic carbocycles. The highest BCUT2D eigenvalue weighted by Crippen LogP contribution is 2.41. The predicted molar refractivity (Wildman–Crippen MR) is 135 cm³/mol. The van der Waals surface area contributed by atoms with Crippen LogP contribution in [0, 0.1) is 0 Å². The second-order valence-electron chi connectivity index (χ2n) is 8.16. The molecule has 0 spiro atoms. The molecule has 13 nitrogen and oxygen atoms in total. The Bertz CT molecular complexity index is 1600. The molecule has 1 amide bonds. The number of hydrogen-bond acceptors (Lipinski definition) is 9. The molecule has 38 heavy (non-hydrogen) atoms. The van der Waals surface area contributed by atoms with Crippen LogP contribution in [0.15, 0.2) is 60.3 Å². The van der Waals surface area contributed by atoms with E-state index in [9.17, 15) is 13.2 Å². The number of aromatic nitrogens is 4. The maximum atomic E-state index is 12.9. The Balaban J connectivity index is 0.000000786. The molecule has 1 aliphatic heterocycles. The zero-order valence-electron chi connectivity index (χ0n) is 20.4. The molecule has 2 aromatic heterocycles. The number of carboxylic acids is 1. The van der Waals surface area contributed by atoms with Gasteiger partial charge in [-0.1, -0.05) is 0 Å². The average molecular weight is 541 g/mol. The highest BCUT2D eigenvalue weighted by molar-refractivity contribution is 7.89. The fourth-order valence-electron chi connectivity index (χ4n) is 3.95. The van der Waals surface area contributed by atoms with E-state index in [0.717, 1.165) is 6.92 Å². The smallest absolute Gasteiger partial charge is 0.300 e. The number of nitrogens with two attached hydrogens (primary N) is 1. The van der Waals surface area contributed by atoms with Crippen LogP contribution in [0.1, 0.15) is 24.1 Å². The van der Waals surface area contributed by atoms with Gasteiger partial charge in [0.1, 0.15) is 18.9 Å². The molecule has 1 atom stereocenters. The summed E-state index contributed by atoms with van der Waals surface area (Å²) in [6.45, 7) is 2.06. The van der Waals surface area contributed by atoms with E-state index in [1.54, 1.807) is 24.7 Å². The molecule has 1 aliphatic rings. The van der Waals surface area contributed by atoms with Gasteiger partial charge in [-0.2, -0.15) is 0 Å². The summed E-state index contributed by atoms with van der Waals surface area (Å²) >= 11 is 0. The van der Waals surface area contributed by atoms with Crippen LogP contribution >= 0.6 is 0 Å². The number of carbonyl (C=O) groups is 2. The first kappa shape index (κ1) is 26.5. The number of hydrogen-bond donors (Lipinski definition) is 3. The minimum absolute atomic E-state index is 0.0859. The number of anilines is 1. The van der Waals surface area contributed by atoms with Crippen molar-refractivity contribution in [3.05, 3.63) is 66.6 Å². The van der Waals surface area contributed by atoms with E-state index in [4.69, 9.17) is 24.5 Å². The van der Waals surface area contributed by atoms with Gasteiger partial charge in [-0.25, -0.2) is 28.5 Å². The van der Waals surface area contributed by atoms with E-state index in [1.807, 2.05) is 10.8 Å². The quantitative estimate of drug-likeness (QED) is 0.311.